The molecule has 1 saturated carbocycles. The molecule has 1 aliphatic carbocycles. The van der Waals surface area contributed by atoms with Crippen LogP contribution in [0.5, 0.6) is 0 Å². The fourth-order valence-corrected chi connectivity index (χ4v) is 3.36. The number of aryl methyl sites for hydroxylation is 1. The van der Waals surface area contributed by atoms with E-state index in [1.807, 2.05) is 36.5 Å². The standard InChI is InChI=1S/C19H25N5O/c1-2-24-10-7-18(21-24)19(25)23-13-17(14-23)22(11-15-3-4-15)12-16-5-8-20-9-6-16/h5-10,15,17H,2-4,11-14H2,1H3. The molecule has 0 N–H and O–H groups in total. The summed E-state index contributed by atoms with van der Waals surface area (Å²) < 4.78 is 1.80. The predicted octanol–water partition coefficient (Wildman–Crippen LogP) is 2.03. The fraction of sp³-hybridized carbons (Fsp3) is 0.526. The normalized spacial score (nSPS) is 17.8. The van der Waals surface area contributed by atoms with Gasteiger partial charge >= 0.3 is 0 Å². The van der Waals surface area contributed by atoms with Crippen molar-refractivity contribution in [2.75, 3.05) is 19.6 Å². The van der Waals surface area contributed by atoms with Crippen LogP contribution in [0, 0.1) is 5.92 Å². The third kappa shape index (κ3) is 3.74. The van der Waals surface area contributed by atoms with Crippen LogP contribution in [0.1, 0.15) is 35.8 Å². The zero-order valence-electron chi connectivity index (χ0n) is 14.7. The van der Waals surface area contributed by atoms with Crippen molar-refractivity contribution < 1.29 is 4.79 Å². The van der Waals surface area contributed by atoms with Gasteiger partial charge in [0.15, 0.2) is 0 Å². The summed E-state index contributed by atoms with van der Waals surface area (Å²) in [6, 6.07) is 6.43. The summed E-state index contributed by atoms with van der Waals surface area (Å²) in [5, 5.41) is 4.33. The average Bonchev–Trinajstić information content (AvgIpc) is 3.27. The average molecular weight is 339 g/mol. The highest BCUT2D eigenvalue weighted by Gasteiger charge is 2.38. The molecule has 1 amide bonds. The molecule has 25 heavy (non-hydrogen) atoms. The van der Waals surface area contributed by atoms with Gasteiger partial charge in [-0.2, -0.15) is 5.10 Å². The van der Waals surface area contributed by atoms with Crippen LogP contribution in [0.3, 0.4) is 0 Å². The van der Waals surface area contributed by atoms with Crippen LogP contribution < -0.4 is 0 Å². The Morgan fingerprint density at radius 1 is 1.24 bits per heavy atom. The SMILES string of the molecule is CCn1ccc(C(=O)N2CC(N(Cc3ccncc3)CC3CC3)C2)n1. The fourth-order valence-electron chi connectivity index (χ4n) is 3.36. The largest absolute Gasteiger partial charge is 0.334 e. The molecule has 0 unspecified atom stereocenters. The molecule has 0 radical (unpaired) electrons. The van der Waals surface area contributed by atoms with Crippen molar-refractivity contribution in [3.63, 3.8) is 0 Å². The minimum Gasteiger partial charge on any atom is -0.334 e. The lowest BCUT2D eigenvalue weighted by molar-refractivity contribution is 0.0215. The van der Waals surface area contributed by atoms with Crippen molar-refractivity contribution in [1.29, 1.82) is 0 Å². The predicted molar refractivity (Wildman–Crippen MR) is 95.0 cm³/mol. The lowest BCUT2D eigenvalue weighted by Crippen LogP contribution is -2.61. The van der Waals surface area contributed by atoms with E-state index in [4.69, 9.17) is 0 Å². The van der Waals surface area contributed by atoms with E-state index in [2.05, 4.69) is 27.1 Å². The van der Waals surface area contributed by atoms with E-state index in [9.17, 15) is 4.79 Å². The van der Waals surface area contributed by atoms with Crippen LogP contribution in [0.15, 0.2) is 36.8 Å². The van der Waals surface area contributed by atoms with Gasteiger partial charge in [0.2, 0.25) is 0 Å². The highest BCUT2D eigenvalue weighted by atomic mass is 16.2. The first-order valence-electron chi connectivity index (χ1n) is 9.18. The number of aromatic nitrogens is 3. The lowest BCUT2D eigenvalue weighted by Gasteiger charge is -2.45. The Bertz CT molecular complexity index is 718. The second kappa shape index (κ2) is 6.96. The molecule has 6 nitrogen and oxygen atoms in total. The summed E-state index contributed by atoms with van der Waals surface area (Å²) in [5.74, 6) is 0.894. The molecule has 0 spiro atoms. The highest BCUT2D eigenvalue weighted by molar-refractivity contribution is 5.92. The van der Waals surface area contributed by atoms with Gasteiger partial charge in [0, 0.05) is 57.4 Å². The van der Waals surface area contributed by atoms with Crippen LogP contribution in [0.25, 0.3) is 0 Å². The Kier molecular flexibility index (Phi) is 4.53. The topological polar surface area (TPSA) is 54.3 Å². The van der Waals surface area contributed by atoms with Gasteiger partial charge in [-0.3, -0.25) is 19.4 Å². The van der Waals surface area contributed by atoms with Gasteiger partial charge in [0.25, 0.3) is 5.91 Å². The molecule has 0 atom stereocenters. The number of hydrogen-bond donors (Lipinski definition) is 0. The van der Waals surface area contributed by atoms with E-state index in [-0.39, 0.29) is 5.91 Å². The molecule has 3 heterocycles. The molecule has 0 aromatic carbocycles. The van der Waals surface area contributed by atoms with Gasteiger partial charge in [-0.05, 0) is 49.4 Å². The van der Waals surface area contributed by atoms with Gasteiger partial charge in [-0.25, -0.2) is 0 Å². The van der Waals surface area contributed by atoms with Gasteiger partial charge in [0.1, 0.15) is 5.69 Å². The molecule has 1 saturated heterocycles. The molecule has 2 fully saturated rings. The van der Waals surface area contributed by atoms with Crippen molar-refractivity contribution in [1.82, 2.24) is 24.6 Å². The molecule has 0 bridgehead atoms. The maximum atomic E-state index is 12.5. The zero-order chi connectivity index (χ0) is 17.2. The molecule has 1 aliphatic heterocycles. The van der Waals surface area contributed by atoms with Gasteiger partial charge in [-0.15, -0.1) is 0 Å². The van der Waals surface area contributed by atoms with Crippen molar-refractivity contribution in [3.8, 4) is 0 Å². The zero-order valence-corrected chi connectivity index (χ0v) is 14.7. The molecule has 2 aromatic heterocycles. The summed E-state index contributed by atoms with van der Waals surface area (Å²) in [7, 11) is 0. The number of hydrogen-bond acceptors (Lipinski definition) is 4. The summed E-state index contributed by atoms with van der Waals surface area (Å²) in [6.45, 7) is 6.49. The van der Waals surface area contributed by atoms with Crippen molar-refractivity contribution >= 4 is 5.91 Å². The monoisotopic (exact) mass is 339 g/mol. The van der Waals surface area contributed by atoms with Crippen LogP contribution in [-0.2, 0) is 13.1 Å². The molecule has 2 aliphatic rings. The molecule has 4 rings (SSSR count). The highest BCUT2D eigenvalue weighted by Crippen LogP contribution is 2.32. The minimum atomic E-state index is 0.0544. The Morgan fingerprint density at radius 3 is 2.64 bits per heavy atom. The van der Waals surface area contributed by atoms with Crippen LogP contribution >= 0.6 is 0 Å². The second-order valence-electron chi connectivity index (χ2n) is 7.15. The number of nitrogens with zero attached hydrogens (tertiary/aromatic N) is 5. The Hall–Kier alpha value is -2.21. The van der Waals surface area contributed by atoms with Crippen molar-refractivity contribution in [2.45, 2.75) is 38.9 Å². The molecule has 6 heteroatoms. The molecular formula is C19H25N5O. The van der Waals surface area contributed by atoms with E-state index in [0.29, 0.717) is 11.7 Å². The minimum absolute atomic E-state index is 0.0544. The van der Waals surface area contributed by atoms with Crippen molar-refractivity contribution in [2.24, 2.45) is 5.92 Å². The van der Waals surface area contributed by atoms with E-state index < -0.39 is 0 Å². The first-order valence-corrected chi connectivity index (χ1v) is 9.18. The Labute approximate surface area is 148 Å². The third-order valence-corrected chi connectivity index (χ3v) is 5.17. The smallest absolute Gasteiger partial charge is 0.274 e. The summed E-state index contributed by atoms with van der Waals surface area (Å²) >= 11 is 0. The Morgan fingerprint density at radius 2 is 2.00 bits per heavy atom. The molecule has 132 valence electrons. The van der Waals surface area contributed by atoms with E-state index in [1.165, 1.54) is 18.4 Å². The number of amides is 1. The number of likely N-dealkylation sites (tertiary alicyclic amines) is 1. The summed E-state index contributed by atoms with van der Waals surface area (Å²) in [4.78, 5) is 21.1. The lowest BCUT2D eigenvalue weighted by atomic mass is 10.0. The van der Waals surface area contributed by atoms with Gasteiger partial charge in [0.05, 0.1) is 0 Å². The first kappa shape index (κ1) is 16.3. The number of rotatable bonds is 7. The number of pyridine rings is 1. The first-order chi connectivity index (χ1) is 12.2. The molecular weight excluding hydrogens is 314 g/mol. The molecule has 2 aromatic rings. The van der Waals surface area contributed by atoms with E-state index in [1.54, 1.807) is 4.68 Å². The van der Waals surface area contributed by atoms with Crippen LogP contribution in [-0.4, -0.2) is 56.1 Å². The van der Waals surface area contributed by atoms with Crippen molar-refractivity contribution in [3.05, 3.63) is 48.0 Å². The summed E-state index contributed by atoms with van der Waals surface area (Å²) in [5.41, 5.74) is 1.85. The van der Waals surface area contributed by atoms with Crippen LogP contribution in [0.4, 0.5) is 0 Å². The maximum absolute atomic E-state index is 12.5. The van der Waals surface area contributed by atoms with Crippen LogP contribution in [0.2, 0.25) is 0 Å². The number of carbonyl (C=O) groups is 1. The quantitative estimate of drug-likeness (QED) is 0.775. The second-order valence-corrected chi connectivity index (χ2v) is 7.15. The van der Waals surface area contributed by atoms with Gasteiger partial charge < -0.3 is 4.90 Å². The summed E-state index contributed by atoms with van der Waals surface area (Å²) in [6.07, 6.45) is 8.26. The third-order valence-electron chi connectivity index (χ3n) is 5.17. The number of carbonyl (C=O) groups excluding carboxylic acids is 1. The van der Waals surface area contributed by atoms with Gasteiger partial charge in [-0.1, -0.05) is 0 Å². The Balaban J connectivity index is 1.36. The van der Waals surface area contributed by atoms with E-state index >= 15 is 0 Å². The van der Waals surface area contributed by atoms with E-state index in [0.717, 1.165) is 38.6 Å². The maximum Gasteiger partial charge on any atom is 0.274 e.